The first-order valence-corrected chi connectivity index (χ1v) is 12.7. The smallest absolute Gasteiger partial charge is 0.209 e. The lowest BCUT2D eigenvalue weighted by molar-refractivity contribution is -0.171. The summed E-state index contributed by atoms with van der Waals surface area (Å²) < 4.78 is 0. The fourth-order valence-electron chi connectivity index (χ4n) is 7.52. The fourth-order valence-corrected chi connectivity index (χ4v) is 7.52. The number of rotatable bonds is 4. The van der Waals surface area contributed by atoms with E-state index in [0.29, 0.717) is 11.1 Å². The average molecular weight is 509 g/mol. The molecule has 0 spiro atoms. The zero-order valence-corrected chi connectivity index (χ0v) is 22.5. The molecule has 7 heteroatoms. The number of hydrogen-bond acceptors (Lipinski definition) is 7. The van der Waals surface area contributed by atoms with Gasteiger partial charge in [-0.2, -0.15) is 0 Å². The first-order valence-electron chi connectivity index (χ1n) is 12.7. The van der Waals surface area contributed by atoms with Gasteiger partial charge >= 0.3 is 0 Å². The molecular formula is C30H36O7. The molecule has 0 aromatic heterocycles. The normalized spacial score (nSPS) is 31.5. The Labute approximate surface area is 217 Å². The van der Waals surface area contributed by atoms with Gasteiger partial charge in [-0.3, -0.25) is 14.4 Å². The zero-order valence-electron chi connectivity index (χ0n) is 22.5. The Morgan fingerprint density at radius 1 is 1.14 bits per heavy atom. The molecule has 4 rings (SSSR count). The van der Waals surface area contributed by atoms with Crippen molar-refractivity contribution in [2.45, 2.75) is 72.8 Å². The van der Waals surface area contributed by atoms with Gasteiger partial charge in [0.2, 0.25) is 5.78 Å². The van der Waals surface area contributed by atoms with E-state index in [1.807, 2.05) is 33.8 Å². The van der Waals surface area contributed by atoms with Gasteiger partial charge in [0.1, 0.15) is 22.8 Å². The zero-order chi connectivity index (χ0) is 28.0. The fraction of sp³-hybridized carbons (Fsp3) is 0.500. The van der Waals surface area contributed by atoms with Crippen molar-refractivity contribution < 1.29 is 34.8 Å². The van der Waals surface area contributed by atoms with Crippen LogP contribution in [0.5, 0.6) is 5.75 Å². The van der Waals surface area contributed by atoms with Crippen LogP contribution in [-0.2, 0) is 16.0 Å². The summed E-state index contributed by atoms with van der Waals surface area (Å²) in [5.74, 6) is -5.12. The summed E-state index contributed by atoms with van der Waals surface area (Å²) in [6.07, 6.45) is 1.79. The first kappa shape index (κ1) is 26.9. The van der Waals surface area contributed by atoms with Gasteiger partial charge in [-0.15, -0.1) is 0 Å². The average Bonchev–Trinajstić information content (AvgIpc) is 2.75. The van der Waals surface area contributed by atoms with Crippen LogP contribution in [0.3, 0.4) is 0 Å². The van der Waals surface area contributed by atoms with E-state index in [0.717, 1.165) is 12.5 Å². The van der Waals surface area contributed by atoms with Gasteiger partial charge in [0.05, 0.1) is 5.56 Å². The summed E-state index contributed by atoms with van der Waals surface area (Å²) in [7, 11) is 0. The molecule has 0 bridgehead atoms. The maximum atomic E-state index is 14.1. The molecule has 7 nitrogen and oxygen atoms in total. The van der Waals surface area contributed by atoms with Crippen molar-refractivity contribution in [3.8, 4) is 5.75 Å². The van der Waals surface area contributed by atoms with Crippen LogP contribution >= 0.6 is 0 Å². The van der Waals surface area contributed by atoms with Crippen LogP contribution in [-0.4, -0.2) is 43.4 Å². The Bertz CT molecular complexity index is 1340. The largest absolute Gasteiger partial charge is 0.511 e. The number of allylic oxidation sites excluding steroid dienone is 2. The third-order valence-electron chi connectivity index (χ3n) is 8.91. The van der Waals surface area contributed by atoms with E-state index in [1.165, 1.54) is 6.08 Å². The van der Waals surface area contributed by atoms with E-state index >= 15 is 0 Å². The van der Waals surface area contributed by atoms with Gasteiger partial charge in [-0.1, -0.05) is 54.2 Å². The number of phenolic OH excluding ortho intramolecular Hbond substituents is 1. The van der Waals surface area contributed by atoms with Gasteiger partial charge in [0.25, 0.3) is 0 Å². The van der Waals surface area contributed by atoms with E-state index in [4.69, 9.17) is 0 Å². The molecule has 0 fully saturated rings. The van der Waals surface area contributed by atoms with Gasteiger partial charge in [-0.25, -0.2) is 0 Å². The third-order valence-corrected chi connectivity index (χ3v) is 8.91. The molecule has 3 aliphatic carbocycles. The third kappa shape index (κ3) is 3.19. The summed E-state index contributed by atoms with van der Waals surface area (Å²) in [4.78, 5) is 40.2. The lowest BCUT2D eigenvalue weighted by Gasteiger charge is -2.59. The number of aromatic hydroxyl groups is 1. The molecule has 4 atom stereocenters. The minimum Gasteiger partial charge on any atom is -0.511 e. The second kappa shape index (κ2) is 8.15. The molecule has 0 heterocycles. The molecule has 0 saturated heterocycles. The highest BCUT2D eigenvalue weighted by atomic mass is 16.3. The summed E-state index contributed by atoms with van der Waals surface area (Å²) in [5, 5.41) is 46.0. The number of carbonyl (C=O) groups excluding carboxylic acids is 3. The minimum atomic E-state index is -2.61. The SMILES string of the molecule is C=Cc1cc(C(C)C)c2c(c1O)C(=O)C1=C(O)[C@@]3(O)C(=O)C(C(C)=O)=C(O)C(C(C)C)[C@@]3(C)C[C@@]1(C)C2. The topological polar surface area (TPSA) is 132 Å². The number of benzene rings is 1. The molecule has 0 saturated carbocycles. The Morgan fingerprint density at radius 2 is 1.73 bits per heavy atom. The van der Waals surface area contributed by atoms with Crippen molar-refractivity contribution in [3.05, 3.63) is 57.6 Å². The van der Waals surface area contributed by atoms with Gasteiger partial charge in [0.15, 0.2) is 17.2 Å². The molecule has 198 valence electrons. The standard InChI is InChI=1S/C30H36O7/c1-9-16-10-17(13(2)3)18-11-28(7)12-29(8)21(14(4)5)24(33)19(15(6)31)26(35)30(29,37)27(36)22(28)25(34)20(18)23(16)32/h9-10,13-14,21,32-33,36-37H,1,11-12H2,2-8H3/t21?,28-,29-,30+/m1/s1. The Hall–Kier alpha value is -3.19. The van der Waals surface area contributed by atoms with E-state index < -0.39 is 56.8 Å². The van der Waals surface area contributed by atoms with Crippen molar-refractivity contribution in [2.75, 3.05) is 0 Å². The lowest BCUT2D eigenvalue weighted by Crippen LogP contribution is -2.67. The van der Waals surface area contributed by atoms with Crippen LogP contribution in [0.1, 0.15) is 87.9 Å². The van der Waals surface area contributed by atoms with E-state index in [9.17, 15) is 34.8 Å². The molecule has 3 aliphatic rings. The number of hydrogen-bond donors (Lipinski definition) is 4. The molecule has 37 heavy (non-hydrogen) atoms. The molecule has 1 unspecified atom stereocenters. The molecule has 0 aliphatic heterocycles. The number of fused-ring (bicyclic) bond motifs is 3. The van der Waals surface area contributed by atoms with Crippen LogP contribution in [0, 0.1) is 22.7 Å². The number of carbonyl (C=O) groups is 3. The maximum absolute atomic E-state index is 14.1. The molecule has 0 amide bonds. The van der Waals surface area contributed by atoms with Crippen molar-refractivity contribution >= 4 is 23.4 Å². The summed E-state index contributed by atoms with van der Waals surface area (Å²) in [5.41, 5.74) is -3.84. The quantitative estimate of drug-likeness (QED) is 0.415. The Kier molecular flexibility index (Phi) is 5.92. The lowest BCUT2D eigenvalue weighted by atomic mass is 9.44. The summed E-state index contributed by atoms with van der Waals surface area (Å²) in [6.45, 7) is 15.9. The molecule has 4 N–H and O–H groups in total. The number of aliphatic hydroxyl groups is 3. The highest BCUT2D eigenvalue weighted by Crippen LogP contribution is 2.65. The van der Waals surface area contributed by atoms with Crippen molar-refractivity contribution in [2.24, 2.45) is 22.7 Å². The Balaban J connectivity index is 2.11. The highest BCUT2D eigenvalue weighted by molar-refractivity contribution is 6.25. The van der Waals surface area contributed by atoms with Crippen LogP contribution < -0.4 is 0 Å². The van der Waals surface area contributed by atoms with E-state index in [-0.39, 0.29) is 41.6 Å². The second-order valence-electron chi connectivity index (χ2n) is 12.1. The predicted octanol–water partition coefficient (Wildman–Crippen LogP) is 5.11. The summed E-state index contributed by atoms with van der Waals surface area (Å²) in [6, 6.07) is 1.81. The number of ketones is 3. The second-order valence-corrected chi connectivity index (χ2v) is 12.1. The van der Waals surface area contributed by atoms with Crippen molar-refractivity contribution in [1.82, 2.24) is 0 Å². The van der Waals surface area contributed by atoms with Gasteiger partial charge < -0.3 is 20.4 Å². The number of aliphatic hydroxyl groups excluding tert-OH is 2. The monoisotopic (exact) mass is 508 g/mol. The Morgan fingerprint density at radius 3 is 2.22 bits per heavy atom. The van der Waals surface area contributed by atoms with Crippen LogP contribution in [0.15, 0.2) is 35.3 Å². The maximum Gasteiger partial charge on any atom is 0.209 e. The molecule has 1 aromatic carbocycles. The van der Waals surface area contributed by atoms with Gasteiger partial charge in [0, 0.05) is 27.9 Å². The van der Waals surface area contributed by atoms with E-state index in [2.05, 4.69) is 6.58 Å². The number of Topliss-reactive ketones (excluding diaryl/α,β-unsaturated/α-hetero) is 3. The number of phenols is 1. The molecule has 0 radical (unpaired) electrons. The van der Waals surface area contributed by atoms with Crippen molar-refractivity contribution in [1.29, 1.82) is 0 Å². The van der Waals surface area contributed by atoms with Crippen molar-refractivity contribution in [3.63, 3.8) is 0 Å². The first-order chi connectivity index (χ1) is 17.0. The van der Waals surface area contributed by atoms with Crippen LogP contribution in [0.25, 0.3) is 6.08 Å². The van der Waals surface area contributed by atoms with E-state index in [1.54, 1.807) is 13.8 Å². The van der Waals surface area contributed by atoms with Crippen LogP contribution in [0.4, 0.5) is 0 Å². The molecule has 1 aromatic rings. The minimum absolute atomic E-state index is 0.0180. The van der Waals surface area contributed by atoms with Crippen LogP contribution in [0.2, 0.25) is 0 Å². The highest BCUT2D eigenvalue weighted by Gasteiger charge is 2.71. The molecular weight excluding hydrogens is 472 g/mol. The predicted molar refractivity (Wildman–Crippen MR) is 139 cm³/mol. The van der Waals surface area contributed by atoms with Gasteiger partial charge in [-0.05, 0) is 48.8 Å². The summed E-state index contributed by atoms with van der Waals surface area (Å²) >= 11 is 0.